The Morgan fingerprint density at radius 3 is 2.74 bits per heavy atom. The van der Waals surface area contributed by atoms with Crippen molar-refractivity contribution in [1.29, 1.82) is 5.41 Å². The van der Waals surface area contributed by atoms with Crippen molar-refractivity contribution in [2.45, 2.75) is 13.0 Å². The molecule has 0 unspecified atom stereocenters. The number of nitrogens with zero attached hydrogens (tertiary/aromatic N) is 4. The van der Waals surface area contributed by atoms with Crippen LogP contribution in [0.15, 0.2) is 47.4 Å². The van der Waals surface area contributed by atoms with Gasteiger partial charge in [-0.05, 0) is 41.8 Å². The second-order valence-electron chi connectivity index (χ2n) is 8.00. The number of benzene rings is 2. The second kappa shape index (κ2) is 9.19. The largest absolute Gasteiger partial charge is 0.395 e. The number of rotatable bonds is 5. The third-order valence-corrected chi connectivity index (χ3v) is 6.44. The molecule has 0 saturated heterocycles. The van der Waals surface area contributed by atoms with E-state index in [2.05, 4.69) is 37.3 Å². The smallest absolute Gasteiger partial charge is 0.333 e. The van der Waals surface area contributed by atoms with Crippen molar-refractivity contribution in [2.75, 3.05) is 25.0 Å². The molecule has 0 bridgehead atoms. The van der Waals surface area contributed by atoms with E-state index in [0.29, 0.717) is 17.9 Å². The maximum absolute atomic E-state index is 12.8. The molecule has 11 heteroatoms. The number of aliphatic hydroxyl groups is 1. The van der Waals surface area contributed by atoms with Gasteiger partial charge in [-0.15, -0.1) is 0 Å². The van der Waals surface area contributed by atoms with Crippen molar-refractivity contribution in [3.63, 3.8) is 0 Å². The Labute approximate surface area is 204 Å². The fourth-order valence-electron chi connectivity index (χ4n) is 4.16. The van der Waals surface area contributed by atoms with Crippen molar-refractivity contribution in [2.24, 2.45) is 0 Å². The Hall–Kier alpha value is -3.24. The molecule has 0 amide bonds. The highest BCUT2D eigenvalue weighted by Gasteiger charge is 2.17. The molecule has 2 aromatic carbocycles. The summed E-state index contributed by atoms with van der Waals surface area (Å²) < 4.78 is 1.10. The minimum absolute atomic E-state index is 0.124. The highest BCUT2D eigenvalue weighted by atomic mass is 35.5. The number of aliphatic hydroxyl groups excluding tert-OH is 1. The van der Waals surface area contributed by atoms with Crippen LogP contribution in [0.2, 0.25) is 10.0 Å². The number of hydrogen-bond acceptors (Lipinski definition) is 7. The summed E-state index contributed by atoms with van der Waals surface area (Å²) in [6, 6.07) is 10.9. The van der Waals surface area contributed by atoms with Crippen LogP contribution in [0.1, 0.15) is 11.1 Å². The van der Waals surface area contributed by atoms with E-state index in [1.54, 1.807) is 18.2 Å². The molecule has 0 saturated carbocycles. The molecule has 0 aliphatic carbocycles. The van der Waals surface area contributed by atoms with Gasteiger partial charge in [-0.3, -0.25) is 15.3 Å². The fourth-order valence-corrected chi connectivity index (χ4v) is 4.72. The highest BCUT2D eigenvalue weighted by molar-refractivity contribution is 6.37. The van der Waals surface area contributed by atoms with Crippen molar-refractivity contribution >= 4 is 45.9 Å². The topological polar surface area (TPSA) is 123 Å². The second-order valence-corrected chi connectivity index (χ2v) is 8.81. The molecule has 0 fully saturated rings. The maximum atomic E-state index is 12.8. The normalized spacial score (nSPS) is 13.7. The van der Waals surface area contributed by atoms with Crippen LogP contribution in [-0.4, -0.2) is 49.2 Å². The van der Waals surface area contributed by atoms with Gasteiger partial charge in [0.25, 0.3) is 0 Å². The zero-order valence-electron chi connectivity index (χ0n) is 18.0. The van der Waals surface area contributed by atoms with Gasteiger partial charge in [-0.1, -0.05) is 35.3 Å². The summed E-state index contributed by atoms with van der Waals surface area (Å²) in [6.07, 6.45) is 2.37. The van der Waals surface area contributed by atoms with E-state index in [-0.39, 0.29) is 33.5 Å². The third kappa shape index (κ3) is 4.19. The average molecular weight is 498 g/mol. The predicted octanol–water partition coefficient (Wildman–Crippen LogP) is 2.99. The molecule has 9 nitrogen and oxygen atoms in total. The van der Waals surface area contributed by atoms with E-state index < -0.39 is 5.69 Å². The van der Waals surface area contributed by atoms with Crippen molar-refractivity contribution in [3.8, 4) is 5.69 Å². The Morgan fingerprint density at radius 1 is 1.18 bits per heavy atom. The molecule has 5 rings (SSSR count). The van der Waals surface area contributed by atoms with Gasteiger partial charge >= 0.3 is 5.69 Å². The Bertz CT molecular complexity index is 1500. The number of hydrogen-bond donors (Lipinski definition) is 4. The van der Waals surface area contributed by atoms with Crippen LogP contribution >= 0.6 is 23.2 Å². The Balaban J connectivity index is 1.47. The van der Waals surface area contributed by atoms with Crippen molar-refractivity contribution in [1.82, 2.24) is 24.4 Å². The van der Waals surface area contributed by atoms with Crippen LogP contribution in [0.25, 0.3) is 16.7 Å². The van der Waals surface area contributed by atoms with Gasteiger partial charge in [0.1, 0.15) is 5.49 Å². The van der Waals surface area contributed by atoms with Gasteiger partial charge in [0.05, 0.1) is 27.7 Å². The highest BCUT2D eigenvalue weighted by Crippen LogP contribution is 2.27. The van der Waals surface area contributed by atoms with Gasteiger partial charge in [0.15, 0.2) is 5.65 Å². The maximum Gasteiger partial charge on any atom is 0.333 e. The minimum atomic E-state index is -0.585. The molecule has 174 valence electrons. The van der Waals surface area contributed by atoms with E-state index in [1.807, 2.05) is 6.07 Å². The molecule has 4 N–H and O–H groups in total. The number of β-amino-alcohol motifs (C(OH)–C–C–N with tert-alkyl or cyclic N) is 1. The van der Waals surface area contributed by atoms with Gasteiger partial charge in [0, 0.05) is 31.5 Å². The fraction of sp³-hybridized carbons (Fsp3) is 0.217. The molecule has 34 heavy (non-hydrogen) atoms. The van der Waals surface area contributed by atoms with Crippen LogP contribution in [0.4, 0.5) is 11.6 Å². The third-order valence-electron chi connectivity index (χ3n) is 5.83. The Morgan fingerprint density at radius 2 is 1.97 bits per heavy atom. The van der Waals surface area contributed by atoms with Crippen LogP contribution in [0.5, 0.6) is 0 Å². The standard InChI is InChI=1S/C23H21Cl2N7O2/c24-17-2-1-3-18(25)19(17)32-20(26)16-11-27-22(29-21(16)30-23(32)34)28-15-5-4-14-12-31(8-9-33)7-6-13(14)10-15/h1-5,10-11,26,33H,6-9,12H2,(H2,27,28,29,30,34). The molecule has 1 aliphatic rings. The van der Waals surface area contributed by atoms with Gasteiger partial charge in [-0.2, -0.15) is 4.98 Å². The van der Waals surface area contributed by atoms with E-state index in [1.165, 1.54) is 17.3 Å². The monoisotopic (exact) mass is 497 g/mol. The van der Waals surface area contributed by atoms with Crippen LogP contribution in [-0.2, 0) is 13.0 Å². The first-order chi connectivity index (χ1) is 16.4. The minimum Gasteiger partial charge on any atom is -0.395 e. The molecule has 1 aliphatic heterocycles. The summed E-state index contributed by atoms with van der Waals surface area (Å²) in [7, 11) is 0. The number of aromatic nitrogens is 4. The van der Waals surface area contributed by atoms with E-state index in [0.717, 1.165) is 29.8 Å². The molecule has 0 radical (unpaired) electrons. The number of halogens is 2. The van der Waals surface area contributed by atoms with Gasteiger partial charge in [0.2, 0.25) is 5.95 Å². The number of nitrogens with one attached hydrogen (secondary N) is 3. The average Bonchev–Trinajstić information content (AvgIpc) is 2.81. The number of anilines is 2. The first kappa shape index (κ1) is 22.5. The van der Waals surface area contributed by atoms with E-state index in [4.69, 9.17) is 33.7 Å². The van der Waals surface area contributed by atoms with Crippen LogP contribution in [0, 0.1) is 5.41 Å². The van der Waals surface area contributed by atoms with Crippen LogP contribution in [0.3, 0.4) is 0 Å². The summed E-state index contributed by atoms with van der Waals surface area (Å²) in [5, 5.41) is 21.8. The summed E-state index contributed by atoms with van der Waals surface area (Å²) in [5.41, 5.74) is 3.04. The molecule has 0 atom stereocenters. The van der Waals surface area contributed by atoms with Crippen LogP contribution < -0.4 is 16.5 Å². The lowest BCUT2D eigenvalue weighted by atomic mass is 9.99. The molecule has 3 heterocycles. The summed E-state index contributed by atoms with van der Waals surface area (Å²) in [6.45, 7) is 2.53. The molecule has 2 aromatic heterocycles. The number of aromatic amines is 1. The molecule has 0 spiro atoms. The summed E-state index contributed by atoms with van der Waals surface area (Å²) >= 11 is 12.5. The first-order valence-corrected chi connectivity index (χ1v) is 11.4. The predicted molar refractivity (Wildman–Crippen MR) is 131 cm³/mol. The summed E-state index contributed by atoms with van der Waals surface area (Å²) in [5.74, 6) is 0.300. The molecule has 4 aromatic rings. The van der Waals surface area contributed by atoms with Crippen molar-refractivity contribution < 1.29 is 5.11 Å². The van der Waals surface area contributed by atoms with E-state index >= 15 is 0 Å². The zero-order valence-corrected chi connectivity index (χ0v) is 19.5. The zero-order chi connectivity index (χ0) is 23.8. The SMILES string of the molecule is N=c1c2cnc(Nc3ccc4c(c3)CCN(CCO)C4)nc2[nH]c(=O)n1-c1c(Cl)cccc1Cl. The Kier molecular flexibility index (Phi) is 6.09. The number of fused-ring (bicyclic) bond motifs is 2. The number of H-pyrrole nitrogens is 1. The summed E-state index contributed by atoms with van der Waals surface area (Å²) in [4.78, 5) is 26.5. The van der Waals surface area contributed by atoms with Gasteiger partial charge < -0.3 is 10.4 Å². The van der Waals surface area contributed by atoms with Crippen molar-refractivity contribution in [3.05, 3.63) is 79.7 Å². The molecular weight excluding hydrogens is 477 g/mol. The lowest BCUT2D eigenvalue weighted by molar-refractivity contribution is 0.184. The number of para-hydroxylation sites is 1. The molecular formula is C23H21Cl2N7O2. The first-order valence-electron chi connectivity index (χ1n) is 10.7. The lowest BCUT2D eigenvalue weighted by Gasteiger charge is -2.28. The van der Waals surface area contributed by atoms with Gasteiger partial charge in [-0.25, -0.2) is 14.3 Å². The quantitative estimate of drug-likeness (QED) is 0.336. The van der Waals surface area contributed by atoms with E-state index in [9.17, 15) is 4.79 Å². The lowest BCUT2D eigenvalue weighted by Crippen LogP contribution is -2.34.